The number of hydrogen-bond acceptors (Lipinski definition) is 5. The van der Waals surface area contributed by atoms with Crippen LogP contribution in [-0.2, 0) is 13.1 Å². The Morgan fingerprint density at radius 3 is 2.59 bits per heavy atom. The average molecular weight is 389 g/mol. The summed E-state index contributed by atoms with van der Waals surface area (Å²) in [5.74, 6) is 0.437. The van der Waals surface area contributed by atoms with Crippen LogP contribution in [0.4, 0.5) is 11.5 Å². The number of aryl methyl sites for hydroxylation is 1. The number of benzene rings is 2. The number of anilines is 2. The zero-order valence-corrected chi connectivity index (χ0v) is 16.7. The van der Waals surface area contributed by atoms with E-state index in [9.17, 15) is 4.79 Å². The molecule has 0 radical (unpaired) electrons. The van der Waals surface area contributed by atoms with Gasteiger partial charge in [0, 0.05) is 38.0 Å². The van der Waals surface area contributed by atoms with Gasteiger partial charge in [-0.2, -0.15) is 5.10 Å². The van der Waals surface area contributed by atoms with E-state index in [1.54, 1.807) is 33.8 Å². The van der Waals surface area contributed by atoms with Gasteiger partial charge in [0.1, 0.15) is 11.3 Å². The van der Waals surface area contributed by atoms with Crippen molar-refractivity contribution in [1.82, 2.24) is 24.8 Å². The van der Waals surface area contributed by atoms with E-state index in [4.69, 9.17) is 0 Å². The van der Waals surface area contributed by atoms with Crippen molar-refractivity contribution in [1.29, 1.82) is 0 Å². The molecular weight excluding hydrogens is 366 g/mol. The molecule has 0 aliphatic rings. The zero-order valence-electron chi connectivity index (χ0n) is 16.7. The Hall–Kier alpha value is -3.68. The molecule has 1 N–H and O–H groups in total. The highest BCUT2D eigenvalue weighted by Gasteiger charge is 2.12. The predicted molar refractivity (Wildman–Crippen MR) is 113 cm³/mol. The first-order valence-corrected chi connectivity index (χ1v) is 9.48. The number of fused-ring (bicyclic) bond motifs is 1. The molecule has 0 atom stereocenters. The molecule has 0 aliphatic carbocycles. The third-order valence-electron chi connectivity index (χ3n) is 4.82. The van der Waals surface area contributed by atoms with Gasteiger partial charge in [0.15, 0.2) is 0 Å². The summed E-state index contributed by atoms with van der Waals surface area (Å²) in [6.45, 7) is 3.31. The van der Waals surface area contributed by atoms with E-state index in [1.165, 1.54) is 0 Å². The first-order valence-electron chi connectivity index (χ1n) is 9.48. The van der Waals surface area contributed by atoms with Crippen LogP contribution in [0.2, 0.25) is 0 Å². The summed E-state index contributed by atoms with van der Waals surface area (Å²) >= 11 is 0. The van der Waals surface area contributed by atoms with Crippen LogP contribution < -0.4 is 10.2 Å². The lowest BCUT2D eigenvalue weighted by atomic mass is 10.2. The van der Waals surface area contributed by atoms with Crippen LogP contribution in [0.5, 0.6) is 0 Å². The van der Waals surface area contributed by atoms with Gasteiger partial charge in [-0.1, -0.05) is 17.3 Å². The third kappa shape index (κ3) is 3.82. The van der Waals surface area contributed by atoms with Crippen molar-refractivity contribution < 1.29 is 4.79 Å². The highest BCUT2D eigenvalue weighted by atomic mass is 16.1. The quantitative estimate of drug-likeness (QED) is 0.548. The van der Waals surface area contributed by atoms with E-state index in [-0.39, 0.29) is 5.91 Å². The summed E-state index contributed by atoms with van der Waals surface area (Å²) in [5, 5.41) is 15.5. The second-order valence-electron chi connectivity index (χ2n) is 7.00. The van der Waals surface area contributed by atoms with Crippen molar-refractivity contribution in [3.63, 3.8) is 0 Å². The maximum atomic E-state index is 12.7. The zero-order chi connectivity index (χ0) is 20.4. The molecule has 4 rings (SSSR count). The Kier molecular flexibility index (Phi) is 4.99. The molecule has 29 heavy (non-hydrogen) atoms. The highest BCUT2D eigenvalue weighted by molar-refractivity contribution is 6.05. The van der Waals surface area contributed by atoms with Crippen molar-refractivity contribution in [3.05, 3.63) is 65.9 Å². The number of nitrogens with one attached hydrogen (secondary N) is 1. The van der Waals surface area contributed by atoms with Crippen molar-refractivity contribution in [2.75, 3.05) is 24.3 Å². The maximum absolute atomic E-state index is 12.7. The first kappa shape index (κ1) is 18.7. The number of carbonyl (C=O) groups excluding carboxylic acids is 1. The van der Waals surface area contributed by atoms with Crippen molar-refractivity contribution in [2.45, 2.75) is 20.0 Å². The topological polar surface area (TPSA) is 80.9 Å². The van der Waals surface area contributed by atoms with Gasteiger partial charge in [0.25, 0.3) is 5.91 Å². The standard InChI is InChI=1S/C21H23N7O/c1-4-27-19-10-7-16(13-18(19)24-25-27)21(29)23-20-11-12-22-28(20)14-15-5-8-17(9-6-15)26(2)3/h5-13H,4,14H2,1-3H3,(H,23,29). The van der Waals surface area contributed by atoms with Crippen LogP contribution >= 0.6 is 0 Å². The van der Waals surface area contributed by atoms with E-state index in [2.05, 4.69) is 49.9 Å². The van der Waals surface area contributed by atoms with E-state index >= 15 is 0 Å². The minimum Gasteiger partial charge on any atom is -0.378 e. The number of amides is 1. The first-order chi connectivity index (χ1) is 14.0. The van der Waals surface area contributed by atoms with Crippen LogP contribution in [-0.4, -0.2) is 44.8 Å². The minimum atomic E-state index is -0.206. The fourth-order valence-electron chi connectivity index (χ4n) is 3.17. The molecule has 0 saturated carbocycles. The van der Waals surface area contributed by atoms with Gasteiger partial charge in [-0.25, -0.2) is 9.36 Å². The molecule has 148 valence electrons. The number of rotatable bonds is 6. The van der Waals surface area contributed by atoms with Crippen molar-refractivity contribution >= 4 is 28.4 Å². The van der Waals surface area contributed by atoms with Crippen molar-refractivity contribution in [2.24, 2.45) is 0 Å². The number of hydrogen-bond donors (Lipinski definition) is 1. The molecule has 1 amide bonds. The second kappa shape index (κ2) is 7.75. The lowest BCUT2D eigenvalue weighted by molar-refractivity contribution is 0.102. The van der Waals surface area contributed by atoms with Gasteiger partial charge in [-0.05, 0) is 42.8 Å². The molecule has 0 aliphatic heterocycles. The maximum Gasteiger partial charge on any atom is 0.256 e. The molecule has 2 aromatic heterocycles. The third-order valence-corrected chi connectivity index (χ3v) is 4.82. The molecule has 2 aromatic carbocycles. The van der Waals surface area contributed by atoms with Crippen LogP contribution in [0.25, 0.3) is 11.0 Å². The summed E-state index contributed by atoms with van der Waals surface area (Å²) in [6, 6.07) is 15.5. The van der Waals surface area contributed by atoms with Gasteiger partial charge >= 0.3 is 0 Å². The Bertz CT molecular complexity index is 1140. The monoisotopic (exact) mass is 389 g/mol. The Balaban J connectivity index is 1.50. The van der Waals surface area contributed by atoms with Gasteiger partial charge < -0.3 is 10.2 Å². The van der Waals surface area contributed by atoms with Crippen LogP contribution in [0.15, 0.2) is 54.7 Å². The molecule has 2 heterocycles. The SMILES string of the molecule is CCn1nnc2cc(C(=O)Nc3ccnn3Cc3ccc(N(C)C)cc3)ccc21. The number of aromatic nitrogens is 5. The molecule has 0 fully saturated rings. The molecule has 0 bridgehead atoms. The predicted octanol–water partition coefficient (Wildman–Crippen LogP) is 3.01. The molecule has 8 heteroatoms. The Labute approximate surface area is 168 Å². The van der Waals surface area contributed by atoms with E-state index in [1.807, 2.05) is 27.1 Å². The summed E-state index contributed by atoms with van der Waals surface area (Å²) in [4.78, 5) is 14.8. The van der Waals surface area contributed by atoms with E-state index in [0.29, 0.717) is 23.4 Å². The minimum absolute atomic E-state index is 0.206. The van der Waals surface area contributed by atoms with Gasteiger partial charge in [0.05, 0.1) is 18.3 Å². The summed E-state index contributed by atoms with van der Waals surface area (Å²) < 4.78 is 3.57. The van der Waals surface area contributed by atoms with E-state index < -0.39 is 0 Å². The van der Waals surface area contributed by atoms with Gasteiger partial charge in [-0.3, -0.25) is 4.79 Å². The van der Waals surface area contributed by atoms with Crippen LogP contribution in [0, 0.1) is 0 Å². The lowest BCUT2D eigenvalue weighted by Gasteiger charge is -2.13. The molecule has 0 saturated heterocycles. The smallest absolute Gasteiger partial charge is 0.256 e. The van der Waals surface area contributed by atoms with Crippen LogP contribution in [0.1, 0.15) is 22.8 Å². The van der Waals surface area contributed by atoms with Crippen LogP contribution in [0.3, 0.4) is 0 Å². The van der Waals surface area contributed by atoms with Gasteiger partial charge in [-0.15, -0.1) is 5.10 Å². The molecular formula is C21H23N7O. The fourth-order valence-corrected chi connectivity index (χ4v) is 3.17. The van der Waals surface area contributed by atoms with Crippen molar-refractivity contribution in [3.8, 4) is 0 Å². The summed E-state index contributed by atoms with van der Waals surface area (Å²) in [6.07, 6.45) is 1.68. The lowest BCUT2D eigenvalue weighted by Crippen LogP contribution is -2.16. The molecule has 4 aromatic rings. The van der Waals surface area contributed by atoms with Gasteiger partial charge in [0.2, 0.25) is 0 Å². The Morgan fingerprint density at radius 2 is 1.86 bits per heavy atom. The number of nitrogens with zero attached hydrogens (tertiary/aromatic N) is 6. The molecule has 0 spiro atoms. The summed E-state index contributed by atoms with van der Waals surface area (Å²) in [5.41, 5.74) is 4.39. The largest absolute Gasteiger partial charge is 0.378 e. The van der Waals surface area contributed by atoms with E-state index in [0.717, 1.165) is 23.3 Å². The Morgan fingerprint density at radius 1 is 1.07 bits per heavy atom. The molecule has 8 nitrogen and oxygen atoms in total. The average Bonchev–Trinajstić information content (AvgIpc) is 3.34. The second-order valence-corrected chi connectivity index (χ2v) is 7.00. The normalized spacial score (nSPS) is 11.0. The summed E-state index contributed by atoms with van der Waals surface area (Å²) in [7, 11) is 4.02. The number of carbonyl (C=O) groups is 1. The molecule has 0 unspecified atom stereocenters. The fraction of sp³-hybridized carbons (Fsp3) is 0.238. The highest BCUT2D eigenvalue weighted by Crippen LogP contribution is 2.17.